The summed E-state index contributed by atoms with van der Waals surface area (Å²) in [4.78, 5) is 10.6. The van der Waals surface area contributed by atoms with Crippen molar-refractivity contribution in [1.82, 2.24) is 0 Å². The maximum Gasteiger partial charge on any atom is 0.150 e. The molecule has 0 amide bonds. The lowest BCUT2D eigenvalue weighted by molar-refractivity contribution is 0.112. The highest BCUT2D eigenvalue weighted by atomic mass is 32.1. The average molecular weight is 165 g/mol. The van der Waals surface area contributed by atoms with Gasteiger partial charge in [0.2, 0.25) is 0 Å². The lowest BCUT2D eigenvalue weighted by Gasteiger charge is -1.96. The molecule has 0 aliphatic heterocycles. The summed E-state index contributed by atoms with van der Waals surface area (Å²) < 4.78 is 0. The first-order valence-corrected chi connectivity index (χ1v) is 3.50. The predicted octanol–water partition coefficient (Wildman–Crippen LogP) is 1.13. The SMILES string of the molecule is NC(=S)c1cccc(C=O)c1. The quantitative estimate of drug-likeness (QED) is 0.527. The van der Waals surface area contributed by atoms with Gasteiger partial charge in [-0.05, 0) is 6.07 Å². The van der Waals surface area contributed by atoms with Crippen LogP contribution in [0.2, 0.25) is 0 Å². The number of hydrogen-bond donors (Lipinski definition) is 1. The van der Waals surface area contributed by atoms with Crippen molar-refractivity contribution in [3.05, 3.63) is 35.4 Å². The highest BCUT2D eigenvalue weighted by Crippen LogP contribution is 2.02. The van der Waals surface area contributed by atoms with Crippen molar-refractivity contribution in [2.45, 2.75) is 0 Å². The number of thiocarbonyl (C=S) groups is 1. The zero-order valence-electron chi connectivity index (χ0n) is 5.78. The van der Waals surface area contributed by atoms with E-state index in [1.807, 2.05) is 0 Å². The van der Waals surface area contributed by atoms with E-state index in [1.54, 1.807) is 24.3 Å². The van der Waals surface area contributed by atoms with Gasteiger partial charge in [0.05, 0.1) is 0 Å². The van der Waals surface area contributed by atoms with E-state index in [0.717, 1.165) is 11.8 Å². The summed E-state index contributed by atoms with van der Waals surface area (Å²) in [6.07, 6.45) is 0.766. The summed E-state index contributed by atoms with van der Waals surface area (Å²) >= 11 is 4.73. The second-order valence-electron chi connectivity index (χ2n) is 2.11. The van der Waals surface area contributed by atoms with Gasteiger partial charge in [0.1, 0.15) is 11.3 Å². The summed E-state index contributed by atoms with van der Waals surface area (Å²) in [5.74, 6) is 0. The zero-order chi connectivity index (χ0) is 8.27. The molecule has 0 atom stereocenters. The molecule has 0 bridgehead atoms. The van der Waals surface area contributed by atoms with E-state index in [2.05, 4.69) is 0 Å². The molecule has 1 aromatic carbocycles. The van der Waals surface area contributed by atoms with Gasteiger partial charge in [-0.2, -0.15) is 0 Å². The summed E-state index contributed by atoms with van der Waals surface area (Å²) in [5.41, 5.74) is 6.67. The fraction of sp³-hybridized carbons (Fsp3) is 0. The molecule has 1 aromatic rings. The molecule has 0 spiro atoms. The van der Waals surface area contributed by atoms with E-state index < -0.39 is 0 Å². The van der Waals surface area contributed by atoms with Crippen LogP contribution < -0.4 is 5.73 Å². The highest BCUT2D eigenvalue weighted by molar-refractivity contribution is 7.80. The van der Waals surface area contributed by atoms with Crippen molar-refractivity contribution in [1.29, 1.82) is 0 Å². The lowest BCUT2D eigenvalue weighted by atomic mass is 10.1. The van der Waals surface area contributed by atoms with E-state index in [0.29, 0.717) is 10.6 Å². The number of carbonyl (C=O) groups is 1. The van der Waals surface area contributed by atoms with Crippen LogP contribution in [0.5, 0.6) is 0 Å². The standard InChI is InChI=1S/C8H7NOS/c9-8(11)7-3-1-2-6(4-7)5-10/h1-5H,(H2,9,11). The number of carbonyl (C=O) groups excluding carboxylic acids is 1. The predicted molar refractivity (Wildman–Crippen MR) is 47.7 cm³/mol. The second kappa shape index (κ2) is 3.25. The Hall–Kier alpha value is -1.22. The fourth-order valence-corrected chi connectivity index (χ4v) is 0.892. The Morgan fingerprint density at radius 2 is 2.27 bits per heavy atom. The molecule has 0 unspecified atom stereocenters. The molecule has 0 saturated heterocycles. The molecule has 0 aliphatic rings. The molecular formula is C8H7NOS. The van der Waals surface area contributed by atoms with E-state index in [-0.39, 0.29) is 0 Å². The van der Waals surface area contributed by atoms with Crippen molar-refractivity contribution in [3.8, 4) is 0 Å². The Morgan fingerprint density at radius 1 is 1.55 bits per heavy atom. The molecular weight excluding hydrogens is 158 g/mol. The molecule has 1 rings (SSSR count). The highest BCUT2D eigenvalue weighted by Gasteiger charge is 1.95. The lowest BCUT2D eigenvalue weighted by Crippen LogP contribution is -2.09. The van der Waals surface area contributed by atoms with Crippen LogP contribution in [0.3, 0.4) is 0 Å². The Morgan fingerprint density at radius 3 is 2.82 bits per heavy atom. The summed E-state index contributed by atoms with van der Waals surface area (Å²) in [6.45, 7) is 0. The van der Waals surface area contributed by atoms with E-state index in [4.69, 9.17) is 18.0 Å². The first-order valence-electron chi connectivity index (χ1n) is 3.09. The molecule has 0 fully saturated rings. The number of aldehydes is 1. The molecule has 2 nitrogen and oxygen atoms in total. The van der Waals surface area contributed by atoms with Crippen LogP contribution in [0.4, 0.5) is 0 Å². The third-order valence-corrected chi connectivity index (χ3v) is 1.54. The minimum Gasteiger partial charge on any atom is -0.389 e. The van der Waals surface area contributed by atoms with Gasteiger partial charge in [0, 0.05) is 11.1 Å². The zero-order valence-corrected chi connectivity index (χ0v) is 6.60. The van der Waals surface area contributed by atoms with Crippen molar-refractivity contribution < 1.29 is 4.79 Å². The summed E-state index contributed by atoms with van der Waals surface area (Å²) in [6, 6.07) is 6.89. The van der Waals surface area contributed by atoms with Gasteiger partial charge in [0.15, 0.2) is 0 Å². The first kappa shape index (κ1) is 7.88. The third kappa shape index (κ3) is 1.85. The summed E-state index contributed by atoms with van der Waals surface area (Å²) in [7, 11) is 0. The van der Waals surface area contributed by atoms with Crippen LogP contribution >= 0.6 is 12.2 Å². The number of nitrogens with two attached hydrogens (primary N) is 1. The topological polar surface area (TPSA) is 43.1 Å². The normalized spacial score (nSPS) is 9.09. The Bertz CT molecular complexity index is 296. The Balaban J connectivity index is 3.10. The number of benzene rings is 1. The molecule has 56 valence electrons. The molecule has 2 N–H and O–H groups in total. The van der Waals surface area contributed by atoms with Gasteiger partial charge < -0.3 is 5.73 Å². The van der Waals surface area contributed by atoms with Gasteiger partial charge in [-0.15, -0.1) is 0 Å². The van der Waals surface area contributed by atoms with Crippen LogP contribution in [0.1, 0.15) is 15.9 Å². The molecule has 0 aliphatic carbocycles. The van der Waals surface area contributed by atoms with Gasteiger partial charge in [-0.1, -0.05) is 30.4 Å². The van der Waals surface area contributed by atoms with Crippen LogP contribution in [0.25, 0.3) is 0 Å². The van der Waals surface area contributed by atoms with Crippen LogP contribution in [0.15, 0.2) is 24.3 Å². The van der Waals surface area contributed by atoms with E-state index >= 15 is 0 Å². The van der Waals surface area contributed by atoms with E-state index in [1.165, 1.54) is 0 Å². The second-order valence-corrected chi connectivity index (χ2v) is 2.55. The largest absolute Gasteiger partial charge is 0.389 e. The molecule has 0 radical (unpaired) electrons. The van der Waals surface area contributed by atoms with Crippen molar-refractivity contribution in [2.75, 3.05) is 0 Å². The van der Waals surface area contributed by atoms with Gasteiger partial charge in [-0.3, -0.25) is 4.79 Å². The first-order chi connectivity index (χ1) is 5.24. The maximum absolute atomic E-state index is 10.3. The Labute approximate surface area is 70.0 Å². The summed E-state index contributed by atoms with van der Waals surface area (Å²) in [5, 5.41) is 0. The molecule has 0 saturated carbocycles. The molecule has 0 heterocycles. The maximum atomic E-state index is 10.3. The molecule has 3 heteroatoms. The number of rotatable bonds is 2. The van der Waals surface area contributed by atoms with Crippen LogP contribution in [-0.4, -0.2) is 11.3 Å². The van der Waals surface area contributed by atoms with Gasteiger partial charge >= 0.3 is 0 Å². The van der Waals surface area contributed by atoms with Crippen molar-refractivity contribution >= 4 is 23.5 Å². The van der Waals surface area contributed by atoms with Gasteiger partial charge in [0.25, 0.3) is 0 Å². The van der Waals surface area contributed by atoms with Crippen molar-refractivity contribution in [2.24, 2.45) is 5.73 Å². The number of hydrogen-bond acceptors (Lipinski definition) is 2. The van der Waals surface area contributed by atoms with Crippen LogP contribution in [0, 0.1) is 0 Å². The minimum absolute atomic E-state index is 0.314. The van der Waals surface area contributed by atoms with Crippen molar-refractivity contribution in [3.63, 3.8) is 0 Å². The Kier molecular flexibility index (Phi) is 2.33. The smallest absolute Gasteiger partial charge is 0.150 e. The van der Waals surface area contributed by atoms with E-state index in [9.17, 15) is 4.79 Å². The monoisotopic (exact) mass is 165 g/mol. The van der Waals surface area contributed by atoms with Gasteiger partial charge in [-0.25, -0.2) is 0 Å². The van der Waals surface area contributed by atoms with Crippen LogP contribution in [-0.2, 0) is 0 Å². The average Bonchev–Trinajstić information content (AvgIpc) is 2.05. The fourth-order valence-electron chi connectivity index (χ4n) is 0.765. The molecule has 11 heavy (non-hydrogen) atoms. The third-order valence-electron chi connectivity index (χ3n) is 1.31. The minimum atomic E-state index is 0.314. The molecule has 0 aromatic heterocycles.